The summed E-state index contributed by atoms with van der Waals surface area (Å²) in [6.07, 6.45) is 5.19. The number of anilines is 1. The highest BCUT2D eigenvalue weighted by atomic mass is 32.2. The van der Waals surface area contributed by atoms with Crippen LogP contribution in [0, 0.1) is 12.8 Å². The van der Waals surface area contributed by atoms with Crippen molar-refractivity contribution in [3.8, 4) is 11.8 Å². The van der Waals surface area contributed by atoms with E-state index in [2.05, 4.69) is 37.7 Å². The zero-order valence-corrected chi connectivity index (χ0v) is 22.8. The fourth-order valence-electron chi connectivity index (χ4n) is 5.87. The maximum atomic E-state index is 13.6. The molecule has 208 valence electrons. The van der Waals surface area contributed by atoms with Crippen molar-refractivity contribution in [2.45, 2.75) is 43.6 Å². The molecule has 0 radical (unpaired) electrons. The molecule has 3 saturated heterocycles. The summed E-state index contributed by atoms with van der Waals surface area (Å²) in [5, 5.41) is 17.3. The molecule has 4 atom stereocenters. The van der Waals surface area contributed by atoms with E-state index in [0.717, 1.165) is 19.3 Å². The number of hydrogen-bond donors (Lipinski definition) is 3. The molecule has 0 saturated carbocycles. The van der Waals surface area contributed by atoms with E-state index >= 15 is 0 Å². The van der Waals surface area contributed by atoms with Crippen molar-refractivity contribution in [2.75, 3.05) is 24.5 Å². The number of nitrogens with zero attached hydrogens (tertiary/aromatic N) is 5. The monoisotopic (exact) mass is 562 g/mol. The second-order valence-electron chi connectivity index (χ2n) is 10.1. The number of pyridine rings is 1. The average molecular weight is 563 g/mol. The molecule has 3 unspecified atom stereocenters. The van der Waals surface area contributed by atoms with Gasteiger partial charge < -0.3 is 25.6 Å². The minimum atomic E-state index is -0.294. The molecule has 3 N–H and O–H groups in total. The Kier molecular flexibility index (Phi) is 7.15. The Morgan fingerprint density at radius 3 is 2.90 bits per heavy atom. The van der Waals surface area contributed by atoms with Gasteiger partial charge in [-0.15, -0.1) is 5.10 Å². The van der Waals surface area contributed by atoms with Gasteiger partial charge >= 0.3 is 6.03 Å². The van der Waals surface area contributed by atoms with Crippen molar-refractivity contribution >= 4 is 35.3 Å². The van der Waals surface area contributed by atoms with Gasteiger partial charge in [0.1, 0.15) is 0 Å². The van der Waals surface area contributed by atoms with E-state index < -0.39 is 0 Å². The van der Waals surface area contributed by atoms with Crippen LogP contribution in [0.25, 0.3) is 0 Å². The molecule has 4 amide bonds. The van der Waals surface area contributed by atoms with Crippen LogP contribution in [-0.4, -0.2) is 75.0 Å². The third-order valence-electron chi connectivity index (χ3n) is 7.64. The maximum absolute atomic E-state index is 13.6. The molecule has 4 aliphatic rings. The fourth-order valence-corrected chi connectivity index (χ4v) is 7.27. The number of amides is 4. The minimum absolute atomic E-state index is 0.0460. The Morgan fingerprint density at radius 2 is 2.12 bits per heavy atom. The third-order valence-corrected chi connectivity index (χ3v) is 8.99. The van der Waals surface area contributed by atoms with Crippen molar-refractivity contribution in [1.82, 2.24) is 36.0 Å². The maximum Gasteiger partial charge on any atom is 0.326 e. The Bertz CT molecular complexity index is 1390. The number of aromatic nitrogens is 3. The van der Waals surface area contributed by atoms with Crippen molar-refractivity contribution in [3.05, 3.63) is 59.4 Å². The molecule has 2 aromatic rings. The van der Waals surface area contributed by atoms with E-state index in [0.29, 0.717) is 53.4 Å². The van der Waals surface area contributed by atoms with Crippen LogP contribution in [0.4, 0.5) is 10.5 Å². The summed E-state index contributed by atoms with van der Waals surface area (Å²) in [5.74, 6) is 0.250. The van der Waals surface area contributed by atoms with E-state index in [1.165, 1.54) is 17.8 Å². The van der Waals surface area contributed by atoms with E-state index in [4.69, 9.17) is 4.74 Å². The summed E-state index contributed by atoms with van der Waals surface area (Å²) in [6, 6.07) is 6.36. The molecule has 6 heterocycles. The topological polar surface area (TPSA) is 142 Å². The SMILES string of the molecule is C=CC(=O)N1CCC[C@@H](NC(=O)C2=C3NC(=O)N(c4ccc(Oc5cccnn5)nc4C)C4CCNC(S2)C34)C1. The molecule has 13 heteroatoms. The van der Waals surface area contributed by atoms with Gasteiger partial charge in [-0.3, -0.25) is 14.5 Å². The van der Waals surface area contributed by atoms with Gasteiger partial charge in [0.05, 0.1) is 27.7 Å². The highest BCUT2D eigenvalue weighted by Gasteiger charge is 2.52. The van der Waals surface area contributed by atoms with Gasteiger partial charge in [-0.2, -0.15) is 5.10 Å². The Labute approximate surface area is 235 Å². The molecule has 0 aromatic carbocycles. The largest absolute Gasteiger partial charge is 0.419 e. The van der Waals surface area contributed by atoms with Crippen molar-refractivity contribution in [1.29, 1.82) is 0 Å². The van der Waals surface area contributed by atoms with Crippen LogP contribution in [0.1, 0.15) is 25.0 Å². The van der Waals surface area contributed by atoms with Crippen LogP contribution in [-0.2, 0) is 9.59 Å². The third kappa shape index (κ3) is 4.90. The van der Waals surface area contributed by atoms with Gasteiger partial charge in [0, 0.05) is 49.1 Å². The standard InChI is InChI=1S/C27H30N8O4S/c1-3-21(36)34-13-5-6-16(14-34)31-25(37)24-23-22-18(10-12-28-26(22)40-24)35(27(38)32-23)17-8-9-19(30-15(17)2)39-20-7-4-11-29-33-20/h3-4,7-9,11,16,18,22,26,28H,1,5-6,10,12-14H2,2H3,(H,31,37)(H,32,38)/t16-,18?,22?,26?/m1/s1. The number of hydrogen-bond acceptors (Lipinski definition) is 9. The Hall–Kier alpha value is -3.97. The zero-order chi connectivity index (χ0) is 27.8. The number of rotatable bonds is 6. The first-order valence-corrected chi connectivity index (χ1v) is 14.2. The van der Waals surface area contributed by atoms with Crippen LogP contribution in [0.15, 0.2) is 53.7 Å². The van der Waals surface area contributed by atoms with Gasteiger partial charge in [0.15, 0.2) is 0 Å². The molecule has 0 aliphatic carbocycles. The molecule has 6 rings (SSSR count). The Morgan fingerprint density at radius 1 is 1.25 bits per heavy atom. The normalized spacial score (nSPS) is 25.7. The Balaban J connectivity index is 1.22. The van der Waals surface area contributed by atoms with Crippen LogP contribution in [0.2, 0.25) is 0 Å². The summed E-state index contributed by atoms with van der Waals surface area (Å²) >= 11 is 1.46. The van der Waals surface area contributed by atoms with Crippen LogP contribution in [0.3, 0.4) is 0 Å². The average Bonchev–Trinajstić information content (AvgIpc) is 3.33. The smallest absolute Gasteiger partial charge is 0.326 e. The first-order chi connectivity index (χ1) is 19.4. The number of ether oxygens (including phenoxy) is 1. The lowest BCUT2D eigenvalue weighted by Gasteiger charge is -2.46. The summed E-state index contributed by atoms with van der Waals surface area (Å²) < 4.78 is 5.71. The number of carbonyl (C=O) groups is 3. The molecule has 0 spiro atoms. The second kappa shape index (κ2) is 10.9. The minimum Gasteiger partial charge on any atom is -0.419 e. The van der Waals surface area contributed by atoms with Crippen molar-refractivity contribution in [2.24, 2.45) is 5.92 Å². The molecule has 4 aliphatic heterocycles. The first-order valence-electron chi connectivity index (χ1n) is 13.3. The number of piperidine rings is 2. The van der Waals surface area contributed by atoms with E-state index in [1.54, 1.807) is 34.2 Å². The summed E-state index contributed by atoms with van der Waals surface area (Å²) in [4.78, 5) is 47.7. The van der Waals surface area contributed by atoms with Gasteiger partial charge in [0.2, 0.25) is 17.7 Å². The van der Waals surface area contributed by atoms with Crippen LogP contribution < -0.4 is 25.6 Å². The summed E-state index contributed by atoms with van der Waals surface area (Å²) in [6.45, 7) is 7.22. The lowest BCUT2D eigenvalue weighted by Crippen LogP contribution is -2.62. The zero-order valence-electron chi connectivity index (χ0n) is 22.0. The lowest BCUT2D eigenvalue weighted by atomic mass is 9.86. The number of likely N-dealkylation sites (tertiary alicyclic amines) is 1. The first kappa shape index (κ1) is 26.3. The molecule has 12 nitrogen and oxygen atoms in total. The highest BCUT2D eigenvalue weighted by Crippen LogP contribution is 2.48. The van der Waals surface area contributed by atoms with Crippen LogP contribution >= 0.6 is 11.8 Å². The molecular weight excluding hydrogens is 532 g/mol. The number of nitrogens with one attached hydrogen (secondary N) is 3. The lowest BCUT2D eigenvalue weighted by molar-refractivity contribution is -0.128. The highest BCUT2D eigenvalue weighted by molar-refractivity contribution is 8.04. The molecule has 2 aromatic heterocycles. The van der Waals surface area contributed by atoms with Crippen molar-refractivity contribution < 1.29 is 19.1 Å². The van der Waals surface area contributed by atoms with E-state index in [-0.39, 0.29) is 41.2 Å². The number of carbonyl (C=O) groups excluding carboxylic acids is 3. The number of thioether (sulfide) groups is 1. The number of aryl methyl sites for hydroxylation is 1. The summed E-state index contributed by atoms with van der Waals surface area (Å²) in [7, 11) is 0. The number of urea groups is 1. The summed E-state index contributed by atoms with van der Waals surface area (Å²) in [5.41, 5.74) is 1.98. The van der Waals surface area contributed by atoms with E-state index in [1.807, 2.05) is 13.0 Å². The molecule has 40 heavy (non-hydrogen) atoms. The van der Waals surface area contributed by atoms with Gasteiger partial charge in [-0.1, -0.05) is 18.3 Å². The predicted octanol–water partition coefficient (Wildman–Crippen LogP) is 2.06. The van der Waals surface area contributed by atoms with Gasteiger partial charge in [-0.05, 0) is 50.9 Å². The fraction of sp³-hybridized carbons (Fsp3) is 0.407. The van der Waals surface area contributed by atoms with Crippen molar-refractivity contribution in [3.63, 3.8) is 0 Å². The van der Waals surface area contributed by atoms with Gasteiger partial charge in [-0.25, -0.2) is 9.78 Å². The molecule has 3 fully saturated rings. The second-order valence-corrected chi connectivity index (χ2v) is 11.3. The van der Waals surface area contributed by atoms with Gasteiger partial charge in [0.25, 0.3) is 5.91 Å². The molecule has 0 bridgehead atoms. The van der Waals surface area contributed by atoms with Crippen LogP contribution in [0.5, 0.6) is 11.8 Å². The predicted molar refractivity (Wildman–Crippen MR) is 148 cm³/mol. The quantitative estimate of drug-likeness (QED) is 0.451. The van der Waals surface area contributed by atoms with E-state index in [9.17, 15) is 14.4 Å². The molecular formula is C27H30N8O4S.